The Morgan fingerprint density at radius 2 is 2.09 bits per heavy atom. The summed E-state index contributed by atoms with van der Waals surface area (Å²) < 4.78 is 0. The van der Waals surface area contributed by atoms with Crippen LogP contribution in [0.25, 0.3) is 0 Å². The van der Waals surface area contributed by atoms with Crippen LogP contribution < -0.4 is 5.73 Å². The van der Waals surface area contributed by atoms with Crippen molar-refractivity contribution in [2.75, 3.05) is 14.1 Å². The minimum Gasteiger partial charge on any atom is -0.384 e. The molecule has 0 aromatic carbocycles. The zero-order chi connectivity index (χ0) is 8.85. The molecule has 11 heavy (non-hydrogen) atoms. The van der Waals surface area contributed by atoms with Gasteiger partial charge < -0.3 is 10.6 Å². The fourth-order valence-corrected chi connectivity index (χ4v) is 0.441. The third-order valence-corrected chi connectivity index (χ3v) is 1.55. The van der Waals surface area contributed by atoms with Crippen molar-refractivity contribution in [3.05, 3.63) is 12.3 Å². The number of hydrogen-bond acceptors (Lipinski definition) is 2. The van der Waals surface area contributed by atoms with Gasteiger partial charge in [-0.1, -0.05) is 0 Å². The highest BCUT2D eigenvalue weighted by Crippen LogP contribution is 1.93. The van der Waals surface area contributed by atoms with Crippen molar-refractivity contribution >= 4 is 5.84 Å². The molecule has 0 unspecified atom stereocenters. The highest BCUT2D eigenvalue weighted by molar-refractivity contribution is 5.91. The van der Waals surface area contributed by atoms with Crippen molar-refractivity contribution in [3.8, 4) is 0 Å². The van der Waals surface area contributed by atoms with Gasteiger partial charge in [-0.05, 0) is 19.9 Å². The maximum absolute atomic E-state index is 5.46. The molecule has 0 rings (SSSR count). The minimum atomic E-state index is 0.496. The molecule has 64 valence electrons. The molecule has 0 fully saturated rings. The van der Waals surface area contributed by atoms with Gasteiger partial charge in [0.05, 0.1) is 0 Å². The van der Waals surface area contributed by atoms with Gasteiger partial charge in [-0.2, -0.15) is 0 Å². The van der Waals surface area contributed by atoms with Gasteiger partial charge in [-0.25, -0.2) is 0 Å². The maximum atomic E-state index is 5.46. The lowest BCUT2D eigenvalue weighted by molar-refractivity contribution is 0.376. The molecule has 0 aliphatic carbocycles. The van der Waals surface area contributed by atoms with E-state index in [1.165, 1.54) is 0 Å². The molecule has 3 nitrogen and oxygen atoms in total. The van der Waals surface area contributed by atoms with E-state index in [2.05, 4.69) is 23.7 Å². The molecule has 0 aromatic rings. The number of hydrogen-bond donors (Lipinski definition) is 1. The zero-order valence-corrected chi connectivity index (χ0v) is 7.70. The Hall–Kier alpha value is -0.990. The molecule has 3 heteroatoms. The fraction of sp³-hybridized carbons (Fsp3) is 0.625. The summed E-state index contributed by atoms with van der Waals surface area (Å²) in [5, 5.41) is 0. The van der Waals surface area contributed by atoms with E-state index >= 15 is 0 Å². The number of rotatable bonds is 3. The molecule has 0 spiro atoms. The van der Waals surface area contributed by atoms with Gasteiger partial charge in [0.25, 0.3) is 0 Å². The fourth-order valence-electron chi connectivity index (χ4n) is 0.441. The average Bonchev–Trinajstić information content (AvgIpc) is 1.99. The molecule has 0 saturated heterocycles. The van der Waals surface area contributed by atoms with Crippen LogP contribution in [0.4, 0.5) is 0 Å². The Labute approximate surface area is 68.6 Å². The Morgan fingerprint density at radius 1 is 1.55 bits per heavy atom. The Kier molecular flexibility index (Phi) is 4.34. The first-order chi connectivity index (χ1) is 5.07. The third-order valence-electron chi connectivity index (χ3n) is 1.55. The van der Waals surface area contributed by atoms with E-state index in [1.54, 1.807) is 13.1 Å². The topological polar surface area (TPSA) is 41.6 Å². The third kappa shape index (κ3) is 4.42. The second-order valence-corrected chi connectivity index (χ2v) is 2.72. The smallest absolute Gasteiger partial charge is 0.119 e. The van der Waals surface area contributed by atoms with Gasteiger partial charge in [-0.3, -0.25) is 4.99 Å². The van der Waals surface area contributed by atoms with Gasteiger partial charge in [0.2, 0.25) is 0 Å². The van der Waals surface area contributed by atoms with Crippen LogP contribution in [0.2, 0.25) is 0 Å². The van der Waals surface area contributed by atoms with Crippen LogP contribution in [0.1, 0.15) is 13.8 Å². The number of nitrogens with zero attached hydrogens (tertiary/aromatic N) is 2. The van der Waals surface area contributed by atoms with Crippen LogP contribution in [0, 0.1) is 0 Å². The van der Waals surface area contributed by atoms with Crippen LogP contribution in [-0.4, -0.2) is 30.9 Å². The second kappa shape index (κ2) is 4.77. The highest BCUT2D eigenvalue weighted by Gasteiger charge is 1.94. The van der Waals surface area contributed by atoms with E-state index in [0.717, 1.165) is 0 Å². The summed E-state index contributed by atoms with van der Waals surface area (Å²) >= 11 is 0. The molecule has 0 atom stereocenters. The molecule has 0 amide bonds. The van der Waals surface area contributed by atoms with Crippen LogP contribution in [-0.2, 0) is 0 Å². The molecular weight excluding hydrogens is 138 g/mol. The lowest BCUT2D eigenvalue weighted by atomic mass is 10.3. The molecule has 0 radical (unpaired) electrons. The normalized spacial score (nSPS) is 13.0. The summed E-state index contributed by atoms with van der Waals surface area (Å²) in [6.45, 7) is 4.23. The van der Waals surface area contributed by atoms with Crippen LogP contribution >= 0.6 is 0 Å². The summed E-state index contributed by atoms with van der Waals surface area (Å²) in [7, 11) is 3.68. The van der Waals surface area contributed by atoms with E-state index in [9.17, 15) is 0 Å². The van der Waals surface area contributed by atoms with E-state index in [0.29, 0.717) is 11.9 Å². The van der Waals surface area contributed by atoms with Gasteiger partial charge in [0, 0.05) is 26.3 Å². The molecule has 0 bridgehead atoms. The number of nitrogens with two attached hydrogens (primary N) is 1. The Morgan fingerprint density at radius 3 is 2.45 bits per heavy atom. The predicted octanol–water partition coefficient (Wildman–Crippen LogP) is 0.827. The van der Waals surface area contributed by atoms with Crippen molar-refractivity contribution in [2.24, 2.45) is 10.7 Å². The average molecular weight is 155 g/mol. The second-order valence-electron chi connectivity index (χ2n) is 2.72. The molecule has 0 aliphatic heterocycles. The van der Waals surface area contributed by atoms with Crippen molar-refractivity contribution in [1.82, 2.24) is 4.90 Å². The summed E-state index contributed by atoms with van der Waals surface area (Å²) in [6.07, 6.45) is 3.72. The first kappa shape index (κ1) is 10.0. The van der Waals surface area contributed by atoms with Gasteiger partial charge >= 0.3 is 0 Å². The molecule has 0 saturated carbocycles. The van der Waals surface area contributed by atoms with Gasteiger partial charge in [0.1, 0.15) is 5.84 Å². The Bertz CT molecular complexity index is 159. The molecule has 0 aliphatic rings. The molecule has 0 aromatic heterocycles. The number of amidine groups is 1. The van der Waals surface area contributed by atoms with E-state index in [1.807, 2.05) is 13.2 Å². The monoisotopic (exact) mass is 155 g/mol. The SMILES string of the molecule is CN=C(N)/C=C\N(C)C(C)C. The lowest BCUT2D eigenvalue weighted by Crippen LogP contribution is -2.21. The maximum Gasteiger partial charge on any atom is 0.119 e. The van der Waals surface area contributed by atoms with Crippen LogP contribution in [0.3, 0.4) is 0 Å². The molecule has 0 heterocycles. The van der Waals surface area contributed by atoms with Crippen molar-refractivity contribution in [1.29, 1.82) is 0 Å². The first-order valence-electron chi connectivity index (χ1n) is 3.70. The molecule has 2 N–H and O–H groups in total. The van der Waals surface area contributed by atoms with E-state index in [4.69, 9.17) is 5.73 Å². The van der Waals surface area contributed by atoms with E-state index < -0.39 is 0 Å². The summed E-state index contributed by atoms with van der Waals surface area (Å²) in [4.78, 5) is 5.87. The Balaban J connectivity index is 3.93. The minimum absolute atomic E-state index is 0.496. The van der Waals surface area contributed by atoms with Crippen LogP contribution in [0.15, 0.2) is 17.3 Å². The van der Waals surface area contributed by atoms with Crippen LogP contribution in [0.5, 0.6) is 0 Å². The lowest BCUT2D eigenvalue weighted by Gasteiger charge is -2.17. The summed E-state index contributed by atoms with van der Waals surface area (Å²) in [5.41, 5.74) is 5.46. The van der Waals surface area contributed by atoms with Gasteiger partial charge in [-0.15, -0.1) is 0 Å². The highest BCUT2D eigenvalue weighted by atomic mass is 15.1. The quantitative estimate of drug-likeness (QED) is 0.484. The van der Waals surface area contributed by atoms with Crippen molar-refractivity contribution in [2.45, 2.75) is 19.9 Å². The van der Waals surface area contributed by atoms with Gasteiger partial charge in [0.15, 0.2) is 0 Å². The predicted molar refractivity (Wildman–Crippen MR) is 49.6 cm³/mol. The largest absolute Gasteiger partial charge is 0.384 e. The van der Waals surface area contributed by atoms with Crippen molar-refractivity contribution in [3.63, 3.8) is 0 Å². The zero-order valence-electron chi connectivity index (χ0n) is 7.70. The summed E-state index contributed by atoms with van der Waals surface area (Å²) in [5.74, 6) is 0.553. The van der Waals surface area contributed by atoms with Crippen molar-refractivity contribution < 1.29 is 0 Å². The molecular formula is C8H17N3. The first-order valence-corrected chi connectivity index (χ1v) is 3.70. The summed E-state index contributed by atoms with van der Waals surface area (Å²) in [6, 6.07) is 0.496. The standard InChI is InChI=1S/C8H17N3/c1-7(2)11(4)6-5-8(9)10-3/h5-7H,1-4H3,(H2,9,10)/b6-5-. The van der Waals surface area contributed by atoms with E-state index in [-0.39, 0.29) is 0 Å². The number of aliphatic imine (C=N–C) groups is 1.